The molecule has 2 aromatic carbocycles. The van der Waals surface area contributed by atoms with Gasteiger partial charge in [-0.2, -0.15) is 0 Å². The Kier molecular flexibility index (Phi) is 5.89. The minimum Gasteiger partial charge on any atom is -0.482 e. The summed E-state index contributed by atoms with van der Waals surface area (Å²) in [6, 6.07) is 11.4. The fraction of sp³-hybridized carbons (Fsp3) is 0.222. The summed E-state index contributed by atoms with van der Waals surface area (Å²) >= 11 is 0. The van der Waals surface area contributed by atoms with E-state index in [0.717, 1.165) is 11.1 Å². The summed E-state index contributed by atoms with van der Waals surface area (Å²) in [5.41, 5.74) is 1.93. The average Bonchev–Trinajstić information content (AvgIpc) is 2.56. The number of aryl methyl sites for hydroxylation is 2. The highest BCUT2D eigenvalue weighted by Crippen LogP contribution is 2.19. The molecule has 0 spiro atoms. The number of carbonyl (C=O) groups is 2. The first kappa shape index (κ1) is 17.5. The van der Waals surface area contributed by atoms with Crippen molar-refractivity contribution >= 4 is 17.6 Å². The molecule has 0 unspecified atom stereocenters. The number of ether oxygens (including phenoxy) is 2. The number of para-hydroxylation sites is 1. The highest BCUT2D eigenvalue weighted by Gasteiger charge is 2.11. The first-order valence-electron chi connectivity index (χ1n) is 7.36. The third kappa shape index (κ3) is 5.08. The molecule has 0 heterocycles. The van der Waals surface area contributed by atoms with Crippen LogP contribution in [0.3, 0.4) is 0 Å². The third-order valence-corrected chi connectivity index (χ3v) is 3.20. The molecular weight excluding hydrogens is 313 g/mol. The number of benzene rings is 2. The molecule has 2 rings (SSSR count). The van der Waals surface area contributed by atoms with Gasteiger partial charge >= 0.3 is 5.97 Å². The highest BCUT2D eigenvalue weighted by atomic mass is 19.1. The topological polar surface area (TPSA) is 64.6 Å². The van der Waals surface area contributed by atoms with Crippen molar-refractivity contribution in [2.45, 2.75) is 13.8 Å². The molecule has 0 atom stereocenters. The summed E-state index contributed by atoms with van der Waals surface area (Å²) in [7, 11) is 0. The standard InChI is InChI=1S/C18H18FNO4/c1-12-7-8-13(2)16(9-12)23-11-18(22)24-10-17(21)20-15-6-4-3-5-14(15)19/h3-9H,10-11H2,1-2H3,(H,20,21). The summed E-state index contributed by atoms with van der Waals surface area (Å²) in [5.74, 6) is -1.28. The van der Waals surface area contributed by atoms with E-state index < -0.39 is 24.3 Å². The molecule has 126 valence electrons. The maximum Gasteiger partial charge on any atom is 0.344 e. The van der Waals surface area contributed by atoms with Crippen LogP contribution >= 0.6 is 0 Å². The number of hydrogen-bond donors (Lipinski definition) is 1. The van der Waals surface area contributed by atoms with Gasteiger partial charge in [0.15, 0.2) is 13.2 Å². The lowest BCUT2D eigenvalue weighted by Gasteiger charge is -2.10. The normalized spacial score (nSPS) is 10.1. The lowest BCUT2D eigenvalue weighted by Crippen LogP contribution is -2.24. The van der Waals surface area contributed by atoms with Crippen LogP contribution in [0.5, 0.6) is 5.75 Å². The van der Waals surface area contributed by atoms with Gasteiger partial charge in [0.25, 0.3) is 5.91 Å². The molecule has 2 aromatic rings. The van der Waals surface area contributed by atoms with Gasteiger partial charge in [0, 0.05) is 0 Å². The van der Waals surface area contributed by atoms with Gasteiger partial charge in [-0.25, -0.2) is 9.18 Å². The summed E-state index contributed by atoms with van der Waals surface area (Å²) in [5, 5.41) is 2.32. The second-order valence-electron chi connectivity index (χ2n) is 5.25. The summed E-state index contributed by atoms with van der Waals surface area (Å²) < 4.78 is 23.6. The summed E-state index contributed by atoms with van der Waals surface area (Å²) in [4.78, 5) is 23.3. The van der Waals surface area contributed by atoms with Gasteiger partial charge in [-0.05, 0) is 43.2 Å². The number of amides is 1. The Hall–Kier alpha value is -2.89. The van der Waals surface area contributed by atoms with Crippen molar-refractivity contribution < 1.29 is 23.5 Å². The molecule has 6 heteroatoms. The van der Waals surface area contributed by atoms with E-state index in [1.165, 1.54) is 18.2 Å². The van der Waals surface area contributed by atoms with E-state index in [9.17, 15) is 14.0 Å². The molecule has 0 aliphatic heterocycles. The van der Waals surface area contributed by atoms with Gasteiger partial charge in [-0.15, -0.1) is 0 Å². The van der Waals surface area contributed by atoms with Crippen LogP contribution in [0.4, 0.5) is 10.1 Å². The molecule has 0 aromatic heterocycles. The predicted octanol–water partition coefficient (Wildman–Crippen LogP) is 3.00. The van der Waals surface area contributed by atoms with E-state index >= 15 is 0 Å². The molecule has 0 fully saturated rings. The van der Waals surface area contributed by atoms with Crippen molar-refractivity contribution in [3.05, 3.63) is 59.4 Å². The molecule has 0 bridgehead atoms. The fourth-order valence-electron chi connectivity index (χ4n) is 1.94. The first-order valence-corrected chi connectivity index (χ1v) is 7.36. The zero-order valence-electron chi connectivity index (χ0n) is 13.5. The monoisotopic (exact) mass is 331 g/mol. The average molecular weight is 331 g/mol. The molecule has 0 saturated carbocycles. The van der Waals surface area contributed by atoms with E-state index in [1.54, 1.807) is 6.07 Å². The number of hydrogen-bond acceptors (Lipinski definition) is 4. The molecule has 5 nitrogen and oxygen atoms in total. The maximum absolute atomic E-state index is 13.4. The van der Waals surface area contributed by atoms with Gasteiger partial charge in [-0.3, -0.25) is 4.79 Å². The number of halogens is 1. The number of carbonyl (C=O) groups excluding carboxylic acids is 2. The van der Waals surface area contributed by atoms with Crippen LogP contribution in [-0.2, 0) is 14.3 Å². The van der Waals surface area contributed by atoms with Crippen LogP contribution < -0.4 is 10.1 Å². The largest absolute Gasteiger partial charge is 0.482 e. The third-order valence-electron chi connectivity index (χ3n) is 3.20. The maximum atomic E-state index is 13.4. The lowest BCUT2D eigenvalue weighted by atomic mass is 10.1. The molecule has 0 aliphatic carbocycles. The number of anilines is 1. The molecular formula is C18H18FNO4. The predicted molar refractivity (Wildman–Crippen MR) is 87.4 cm³/mol. The Balaban J connectivity index is 1.77. The van der Waals surface area contributed by atoms with Gasteiger partial charge in [0.1, 0.15) is 11.6 Å². The minimum absolute atomic E-state index is 0.0326. The second kappa shape index (κ2) is 8.10. The van der Waals surface area contributed by atoms with E-state index in [-0.39, 0.29) is 12.3 Å². The van der Waals surface area contributed by atoms with E-state index in [1.807, 2.05) is 32.0 Å². The van der Waals surface area contributed by atoms with E-state index in [4.69, 9.17) is 9.47 Å². The van der Waals surface area contributed by atoms with Crippen LogP contribution in [0.15, 0.2) is 42.5 Å². The van der Waals surface area contributed by atoms with Crippen LogP contribution in [-0.4, -0.2) is 25.1 Å². The molecule has 0 radical (unpaired) electrons. The number of rotatable bonds is 6. The fourth-order valence-corrected chi connectivity index (χ4v) is 1.94. The Morgan fingerprint density at radius 2 is 1.83 bits per heavy atom. The van der Waals surface area contributed by atoms with Crippen molar-refractivity contribution in [1.29, 1.82) is 0 Å². The molecule has 1 N–H and O–H groups in total. The summed E-state index contributed by atoms with van der Waals surface area (Å²) in [6.45, 7) is 2.96. The van der Waals surface area contributed by atoms with Crippen LogP contribution in [0.1, 0.15) is 11.1 Å². The van der Waals surface area contributed by atoms with Crippen molar-refractivity contribution in [3.8, 4) is 5.75 Å². The van der Waals surface area contributed by atoms with Crippen LogP contribution in [0.2, 0.25) is 0 Å². The van der Waals surface area contributed by atoms with Gasteiger partial charge in [-0.1, -0.05) is 24.3 Å². The smallest absolute Gasteiger partial charge is 0.344 e. The first-order chi connectivity index (χ1) is 11.5. The molecule has 24 heavy (non-hydrogen) atoms. The SMILES string of the molecule is Cc1ccc(C)c(OCC(=O)OCC(=O)Nc2ccccc2F)c1. The lowest BCUT2D eigenvalue weighted by molar-refractivity contribution is -0.149. The molecule has 0 aliphatic rings. The quantitative estimate of drug-likeness (QED) is 0.827. The Morgan fingerprint density at radius 3 is 2.58 bits per heavy atom. The van der Waals surface area contributed by atoms with Crippen molar-refractivity contribution in [2.75, 3.05) is 18.5 Å². The zero-order chi connectivity index (χ0) is 17.5. The van der Waals surface area contributed by atoms with Crippen LogP contribution in [0, 0.1) is 19.7 Å². The van der Waals surface area contributed by atoms with E-state index in [2.05, 4.69) is 5.32 Å². The molecule has 1 amide bonds. The van der Waals surface area contributed by atoms with Gasteiger partial charge < -0.3 is 14.8 Å². The van der Waals surface area contributed by atoms with Gasteiger partial charge in [0.2, 0.25) is 0 Å². The highest BCUT2D eigenvalue weighted by molar-refractivity contribution is 5.92. The van der Waals surface area contributed by atoms with Crippen LogP contribution in [0.25, 0.3) is 0 Å². The molecule has 0 saturated heterocycles. The Bertz CT molecular complexity index is 746. The van der Waals surface area contributed by atoms with Crippen molar-refractivity contribution in [3.63, 3.8) is 0 Å². The number of nitrogens with one attached hydrogen (secondary N) is 1. The summed E-state index contributed by atoms with van der Waals surface area (Å²) in [6.07, 6.45) is 0. The number of esters is 1. The zero-order valence-corrected chi connectivity index (χ0v) is 13.5. The minimum atomic E-state index is -0.681. The van der Waals surface area contributed by atoms with Gasteiger partial charge in [0.05, 0.1) is 5.69 Å². The van der Waals surface area contributed by atoms with E-state index in [0.29, 0.717) is 5.75 Å². The Morgan fingerprint density at radius 1 is 1.08 bits per heavy atom. The second-order valence-corrected chi connectivity index (χ2v) is 5.25. The van der Waals surface area contributed by atoms with Crippen molar-refractivity contribution in [1.82, 2.24) is 0 Å². The Labute approximate surface area is 139 Å². The van der Waals surface area contributed by atoms with Crippen molar-refractivity contribution in [2.24, 2.45) is 0 Å².